The number of nitrogens with zero attached hydrogens (tertiary/aromatic N) is 2. The molecule has 1 saturated carbocycles. The molecular formula is C16H23N3. The molecule has 0 saturated heterocycles. The van der Waals surface area contributed by atoms with E-state index in [-0.39, 0.29) is 0 Å². The van der Waals surface area contributed by atoms with Crippen molar-refractivity contribution in [2.75, 3.05) is 0 Å². The molecule has 1 aromatic carbocycles. The van der Waals surface area contributed by atoms with Crippen LogP contribution in [0.2, 0.25) is 0 Å². The Morgan fingerprint density at radius 1 is 1.32 bits per heavy atom. The van der Waals surface area contributed by atoms with E-state index in [0.29, 0.717) is 6.04 Å². The summed E-state index contributed by atoms with van der Waals surface area (Å²) in [5, 5.41) is 3.66. The van der Waals surface area contributed by atoms with Gasteiger partial charge < -0.3 is 9.88 Å². The van der Waals surface area contributed by atoms with E-state index in [4.69, 9.17) is 4.98 Å². The predicted octanol–water partition coefficient (Wildman–Crippen LogP) is 3.24. The van der Waals surface area contributed by atoms with Crippen LogP contribution in [0.4, 0.5) is 0 Å². The maximum absolute atomic E-state index is 4.71. The Morgan fingerprint density at radius 2 is 2.05 bits per heavy atom. The summed E-state index contributed by atoms with van der Waals surface area (Å²) in [6.07, 6.45) is 5.58. The second-order valence-electron chi connectivity index (χ2n) is 5.79. The molecule has 1 atom stereocenters. The van der Waals surface area contributed by atoms with E-state index in [0.717, 1.165) is 23.8 Å². The minimum atomic E-state index is 0.599. The summed E-state index contributed by atoms with van der Waals surface area (Å²) in [6, 6.07) is 8.93. The molecule has 19 heavy (non-hydrogen) atoms. The lowest BCUT2D eigenvalue weighted by molar-refractivity contribution is 0.376. The highest BCUT2D eigenvalue weighted by molar-refractivity contribution is 5.75. The molecule has 2 aromatic rings. The minimum Gasteiger partial charge on any atom is -0.330 e. The molecule has 1 N–H and O–H groups in total. The molecule has 3 rings (SSSR count). The first-order chi connectivity index (χ1) is 9.25. The summed E-state index contributed by atoms with van der Waals surface area (Å²) in [6.45, 7) is 3.18. The van der Waals surface area contributed by atoms with E-state index < -0.39 is 0 Å². The van der Waals surface area contributed by atoms with Crippen LogP contribution >= 0.6 is 0 Å². The Hall–Kier alpha value is -1.35. The van der Waals surface area contributed by atoms with Gasteiger partial charge in [0.1, 0.15) is 5.82 Å². The highest BCUT2D eigenvalue weighted by Gasteiger charge is 2.21. The third-order valence-electron chi connectivity index (χ3n) is 4.57. The van der Waals surface area contributed by atoms with Crippen LogP contribution in [0.3, 0.4) is 0 Å². The van der Waals surface area contributed by atoms with E-state index in [2.05, 4.69) is 42.1 Å². The molecule has 1 aromatic heterocycles. The molecule has 0 aliphatic heterocycles. The molecule has 0 bridgehead atoms. The smallest absolute Gasteiger partial charge is 0.123 e. The maximum Gasteiger partial charge on any atom is 0.123 e. The van der Waals surface area contributed by atoms with Crippen LogP contribution in [0.15, 0.2) is 24.3 Å². The number of aromatic nitrogens is 2. The summed E-state index contributed by atoms with van der Waals surface area (Å²) in [4.78, 5) is 4.71. The third kappa shape index (κ3) is 2.52. The Bertz CT molecular complexity index is 552. The fraction of sp³-hybridized carbons (Fsp3) is 0.562. The van der Waals surface area contributed by atoms with Crippen molar-refractivity contribution in [3.63, 3.8) is 0 Å². The number of imidazole rings is 1. The molecule has 0 radical (unpaired) electrons. The number of hydrogen-bond donors (Lipinski definition) is 1. The second-order valence-corrected chi connectivity index (χ2v) is 5.79. The Morgan fingerprint density at radius 3 is 2.79 bits per heavy atom. The molecule has 1 aliphatic carbocycles. The van der Waals surface area contributed by atoms with Gasteiger partial charge in [0.05, 0.1) is 17.6 Å². The minimum absolute atomic E-state index is 0.599. The van der Waals surface area contributed by atoms with Crippen molar-refractivity contribution in [3.8, 4) is 0 Å². The summed E-state index contributed by atoms with van der Waals surface area (Å²) >= 11 is 0. The monoisotopic (exact) mass is 257 g/mol. The quantitative estimate of drug-likeness (QED) is 0.911. The number of hydrogen-bond acceptors (Lipinski definition) is 2. The van der Waals surface area contributed by atoms with Crippen molar-refractivity contribution in [1.29, 1.82) is 0 Å². The normalized spacial score (nSPS) is 18.2. The zero-order valence-corrected chi connectivity index (χ0v) is 11.9. The van der Waals surface area contributed by atoms with Crippen molar-refractivity contribution in [1.82, 2.24) is 14.9 Å². The molecule has 1 heterocycles. The van der Waals surface area contributed by atoms with E-state index in [1.54, 1.807) is 0 Å². The van der Waals surface area contributed by atoms with Gasteiger partial charge in [0, 0.05) is 13.1 Å². The van der Waals surface area contributed by atoms with Gasteiger partial charge in [0.15, 0.2) is 0 Å². The van der Waals surface area contributed by atoms with Crippen LogP contribution in [-0.2, 0) is 13.6 Å². The van der Waals surface area contributed by atoms with E-state index in [9.17, 15) is 0 Å². The molecular weight excluding hydrogens is 234 g/mol. The van der Waals surface area contributed by atoms with E-state index >= 15 is 0 Å². The number of rotatable bonds is 4. The average molecular weight is 257 g/mol. The molecule has 3 nitrogen and oxygen atoms in total. The fourth-order valence-corrected chi connectivity index (χ4v) is 3.23. The SMILES string of the molecule is CC(NCc1nc2ccccc2n1C)C1CCCC1. The van der Waals surface area contributed by atoms with Gasteiger partial charge in [-0.05, 0) is 37.8 Å². The standard InChI is InChI=1S/C16H23N3/c1-12(13-7-3-4-8-13)17-11-16-18-14-9-5-6-10-15(14)19(16)2/h5-6,9-10,12-13,17H,3-4,7-8,11H2,1-2H3. The number of aryl methyl sites for hydroxylation is 1. The highest BCUT2D eigenvalue weighted by atomic mass is 15.1. The molecule has 0 amide bonds. The van der Waals surface area contributed by atoms with Crippen LogP contribution in [0.25, 0.3) is 11.0 Å². The van der Waals surface area contributed by atoms with Gasteiger partial charge in [0.25, 0.3) is 0 Å². The van der Waals surface area contributed by atoms with Crippen LogP contribution in [0.1, 0.15) is 38.4 Å². The number of nitrogens with one attached hydrogen (secondary N) is 1. The Kier molecular flexibility index (Phi) is 3.56. The van der Waals surface area contributed by atoms with Gasteiger partial charge in [-0.1, -0.05) is 25.0 Å². The van der Waals surface area contributed by atoms with Crippen molar-refractivity contribution in [2.24, 2.45) is 13.0 Å². The van der Waals surface area contributed by atoms with Gasteiger partial charge in [-0.25, -0.2) is 4.98 Å². The zero-order valence-electron chi connectivity index (χ0n) is 11.9. The molecule has 3 heteroatoms. The fourth-order valence-electron chi connectivity index (χ4n) is 3.23. The van der Waals surface area contributed by atoms with Crippen molar-refractivity contribution >= 4 is 11.0 Å². The summed E-state index contributed by atoms with van der Waals surface area (Å²) in [5.74, 6) is 1.99. The molecule has 1 fully saturated rings. The zero-order chi connectivity index (χ0) is 13.2. The lowest BCUT2D eigenvalue weighted by Crippen LogP contribution is -2.32. The number of para-hydroxylation sites is 2. The van der Waals surface area contributed by atoms with Crippen LogP contribution in [0, 0.1) is 5.92 Å². The average Bonchev–Trinajstić information content (AvgIpc) is 3.05. The topological polar surface area (TPSA) is 29.9 Å². The first-order valence-corrected chi connectivity index (χ1v) is 7.39. The van der Waals surface area contributed by atoms with Crippen LogP contribution < -0.4 is 5.32 Å². The molecule has 1 aliphatic rings. The second kappa shape index (κ2) is 5.33. The van der Waals surface area contributed by atoms with Gasteiger partial charge in [0.2, 0.25) is 0 Å². The first-order valence-electron chi connectivity index (χ1n) is 7.39. The largest absolute Gasteiger partial charge is 0.330 e. The van der Waals surface area contributed by atoms with Crippen molar-refractivity contribution in [3.05, 3.63) is 30.1 Å². The number of benzene rings is 1. The lowest BCUT2D eigenvalue weighted by atomic mass is 10.00. The lowest BCUT2D eigenvalue weighted by Gasteiger charge is -2.20. The van der Waals surface area contributed by atoms with Gasteiger partial charge in [-0.3, -0.25) is 0 Å². The predicted molar refractivity (Wildman–Crippen MR) is 79.0 cm³/mol. The van der Waals surface area contributed by atoms with E-state index in [1.807, 2.05) is 6.07 Å². The molecule has 0 spiro atoms. The Labute approximate surface area is 115 Å². The number of fused-ring (bicyclic) bond motifs is 1. The van der Waals surface area contributed by atoms with Gasteiger partial charge in [-0.15, -0.1) is 0 Å². The maximum atomic E-state index is 4.71. The molecule has 1 unspecified atom stereocenters. The Balaban J connectivity index is 1.69. The van der Waals surface area contributed by atoms with Crippen LogP contribution in [0.5, 0.6) is 0 Å². The highest BCUT2D eigenvalue weighted by Crippen LogP contribution is 2.27. The van der Waals surface area contributed by atoms with E-state index in [1.165, 1.54) is 31.2 Å². The third-order valence-corrected chi connectivity index (χ3v) is 4.57. The van der Waals surface area contributed by atoms with Crippen LogP contribution in [-0.4, -0.2) is 15.6 Å². The molecule has 102 valence electrons. The van der Waals surface area contributed by atoms with Gasteiger partial charge in [-0.2, -0.15) is 0 Å². The summed E-state index contributed by atoms with van der Waals surface area (Å²) < 4.78 is 2.20. The first kappa shape index (κ1) is 12.7. The summed E-state index contributed by atoms with van der Waals surface area (Å²) in [7, 11) is 2.10. The van der Waals surface area contributed by atoms with Crippen molar-refractivity contribution < 1.29 is 0 Å². The van der Waals surface area contributed by atoms with Gasteiger partial charge >= 0.3 is 0 Å². The summed E-state index contributed by atoms with van der Waals surface area (Å²) in [5.41, 5.74) is 2.31. The van der Waals surface area contributed by atoms with Crippen molar-refractivity contribution in [2.45, 2.75) is 45.2 Å².